The quantitative estimate of drug-likeness (QED) is 0.468. The predicted molar refractivity (Wildman–Crippen MR) is 46.9 cm³/mol. The summed E-state index contributed by atoms with van der Waals surface area (Å²) in [6.07, 6.45) is 1.50. The van der Waals surface area contributed by atoms with Gasteiger partial charge in [0, 0.05) is 26.5 Å². The van der Waals surface area contributed by atoms with Gasteiger partial charge in [0.15, 0.2) is 0 Å². The van der Waals surface area contributed by atoms with E-state index in [2.05, 4.69) is 10.1 Å². The van der Waals surface area contributed by atoms with Crippen molar-refractivity contribution in [1.82, 2.24) is 5.32 Å². The fraction of sp³-hybridized carbons (Fsp3) is 0.750. The molecule has 0 rings (SSSR count). The Bertz CT molecular complexity index is 125. The van der Waals surface area contributed by atoms with E-state index in [9.17, 15) is 9.59 Å². The minimum Gasteiger partial charge on any atom is -0.384 e. The third-order valence-electron chi connectivity index (χ3n) is 1.12. The van der Waals surface area contributed by atoms with Crippen LogP contribution in [0.15, 0.2) is 0 Å². The Morgan fingerprint density at radius 1 is 1.58 bits per heavy atom. The number of methoxy groups -OCH3 is 1. The van der Waals surface area contributed by atoms with Crippen molar-refractivity contribution in [2.24, 2.45) is 0 Å². The van der Waals surface area contributed by atoms with Gasteiger partial charge in [0.05, 0.1) is 6.61 Å². The maximum Gasteiger partial charge on any atom is 0.222 e. The van der Waals surface area contributed by atoms with E-state index >= 15 is 0 Å². The summed E-state index contributed by atoms with van der Waals surface area (Å²) in [6, 6.07) is 0. The van der Waals surface area contributed by atoms with Gasteiger partial charge in [0.2, 0.25) is 5.91 Å². The summed E-state index contributed by atoms with van der Waals surface area (Å²) in [4.78, 5) is 20.6. The lowest BCUT2D eigenvalue weighted by molar-refractivity contribution is -0.121. The Balaban J connectivity index is 0. The molecule has 0 aliphatic heterocycles. The van der Waals surface area contributed by atoms with Gasteiger partial charge in [-0.3, -0.25) is 4.79 Å². The molecule has 0 aromatic rings. The summed E-state index contributed by atoms with van der Waals surface area (Å²) in [5.41, 5.74) is 0. The first-order chi connectivity index (χ1) is 5.31. The van der Waals surface area contributed by atoms with E-state index in [4.69, 9.17) is 0 Å². The molecule has 0 fully saturated rings. The molecule has 4 heteroatoms. The van der Waals surface area contributed by atoms with Crippen LogP contribution >= 0.6 is 0 Å². The Morgan fingerprint density at radius 2 is 2.25 bits per heavy atom. The second-order valence-corrected chi connectivity index (χ2v) is 2.05. The molecule has 0 unspecified atom stereocenters. The number of carbonyl (C=O) groups is 2. The van der Waals surface area contributed by atoms with Crippen molar-refractivity contribution < 1.29 is 14.3 Å². The fourth-order valence-electron chi connectivity index (χ4n) is 0.554. The molecule has 0 bridgehead atoms. The standard InChI is InChI=1S/C7H13NO3.CH4/c1-11-6-3-7(10)8-4-2-5-9;/h5H,2-4,6H2,1H3,(H,8,10);1H4. The van der Waals surface area contributed by atoms with Crippen molar-refractivity contribution in [3.8, 4) is 0 Å². The highest BCUT2D eigenvalue weighted by atomic mass is 16.5. The summed E-state index contributed by atoms with van der Waals surface area (Å²) >= 11 is 0. The number of aldehydes is 1. The van der Waals surface area contributed by atoms with Crippen LogP contribution in [0.25, 0.3) is 0 Å². The molecular formula is C8H17NO3. The lowest BCUT2D eigenvalue weighted by Gasteiger charge is -2.00. The van der Waals surface area contributed by atoms with Gasteiger partial charge in [-0.2, -0.15) is 0 Å². The molecule has 0 atom stereocenters. The average Bonchev–Trinajstić information content (AvgIpc) is 2.01. The molecule has 0 aliphatic rings. The number of nitrogens with one attached hydrogen (secondary N) is 1. The van der Waals surface area contributed by atoms with Gasteiger partial charge in [-0.25, -0.2) is 0 Å². The molecule has 72 valence electrons. The molecule has 1 amide bonds. The average molecular weight is 175 g/mol. The van der Waals surface area contributed by atoms with Crippen molar-refractivity contribution in [3.63, 3.8) is 0 Å². The molecule has 0 aliphatic carbocycles. The van der Waals surface area contributed by atoms with Gasteiger partial charge in [-0.1, -0.05) is 7.43 Å². The van der Waals surface area contributed by atoms with E-state index in [1.54, 1.807) is 7.11 Å². The molecule has 1 N–H and O–H groups in total. The number of ether oxygens (including phenoxy) is 1. The zero-order valence-electron chi connectivity index (χ0n) is 6.63. The topological polar surface area (TPSA) is 55.4 Å². The first-order valence-electron chi connectivity index (χ1n) is 3.50. The van der Waals surface area contributed by atoms with Gasteiger partial charge in [0.1, 0.15) is 6.29 Å². The van der Waals surface area contributed by atoms with Gasteiger partial charge in [0.25, 0.3) is 0 Å². The first-order valence-corrected chi connectivity index (χ1v) is 3.50. The summed E-state index contributed by atoms with van der Waals surface area (Å²) in [7, 11) is 1.54. The minimum atomic E-state index is -0.0753. The van der Waals surface area contributed by atoms with Crippen LogP contribution in [0.5, 0.6) is 0 Å². The van der Waals surface area contributed by atoms with Crippen molar-refractivity contribution in [2.45, 2.75) is 20.3 Å². The monoisotopic (exact) mass is 175 g/mol. The number of amides is 1. The van der Waals surface area contributed by atoms with Gasteiger partial charge in [-0.05, 0) is 0 Å². The molecule has 0 aromatic carbocycles. The number of rotatable bonds is 6. The highest BCUT2D eigenvalue weighted by molar-refractivity contribution is 5.76. The Hall–Kier alpha value is -0.900. The first kappa shape index (κ1) is 13.7. The molecule has 0 radical (unpaired) electrons. The molecule has 0 aromatic heterocycles. The third-order valence-corrected chi connectivity index (χ3v) is 1.12. The molecule has 0 spiro atoms. The smallest absolute Gasteiger partial charge is 0.222 e. The Morgan fingerprint density at radius 3 is 2.75 bits per heavy atom. The third kappa shape index (κ3) is 9.10. The molecule has 0 heterocycles. The van der Waals surface area contributed by atoms with E-state index in [1.165, 1.54) is 0 Å². The number of hydrogen-bond donors (Lipinski definition) is 1. The largest absolute Gasteiger partial charge is 0.384 e. The van der Waals surface area contributed by atoms with Crippen LogP contribution in [-0.4, -0.2) is 32.5 Å². The highest BCUT2D eigenvalue weighted by Crippen LogP contribution is 1.80. The fourth-order valence-corrected chi connectivity index (χ4v) is 0.554. The molecule has 0 saturated carbocycles. The van der Waals surface area contributed by atoms with Crippen molar-refractivity contribution in [2.75, 3.05) is 20.3 Å². The lowest BCUT2D eigenvalue weighted by Crippen LogP contribution is -2.25. The van der Waals surface area contributed by atoms with Crippen LogP contribution in [0.3, 0.4) is 0 Å². The van der Waals surface area contributed by atoms with Crippen molar-refractivity contribution in [1.29, 1.82) is 0 Å². The van der Waals surface area contributed by atoms with Crippen LogP contribution in [0.2, 0.25) is 0 Å². The van der Waals surface area contributed by atoms with E-state index in [-0.39, 0.29) is 13.3 Å². The number of carbonyl (C=O) groups excluding carboxylic acids is 2. The molecule has 12 heavy (non-hydrogen) atoms. The second-order valence-electron chi connectivity index (χ2n) is 2.05. The maximum atomic E-state index is 10.8. The summed E-state index contributed by atoms with van der Waals surface area (Å²) in [5.74, 6) is -0.0753. The van der Waals surface area contributed by atoms with Crippen molar-refractivity contribution in [3.05, 3.63) is 0 Å². The highest BCUT2D eigenvalue weighted by Gasteiger charge is 1.97. The predicted octanol–water partition coefficient (Wildman–Crippen LogP) is 0.364. The Kier molecular flexibility index (Phi) is 11.5. The zero-order chi connectivity index (χ0) is 8.53. The van der Waals surface area contributed by atoms with Crippen LogP contribution < -0.4 is 5.32 Å². The van der Waals surface area contributed by atoms with Crippen LogP contribution in [0.4, 0.5) is 0 Å². The minimum absolute atomic E-state index is 0. The Labute approximate surface area is 73.3 Å². The van der Waals surface area contributed by atoms with Crippen LogP contribution in [0.1, 0.15) is 20.3 Å². The normalized spacial score (nSPS) is 8.42. The SMILES string of the molecule is C.COCCC(=O)NCCC=O. The second kappa shape index (κ2) is 10.1. The van der Waals surface area contributed by atoms with E-state index < -0.39 is 0 Å². The van der Waals surface area contributed by atoms with Crippen LogP contribution in [0, 0.1) is 0 Å². The van der Waals surface area contributed by atoms with E-state index in [0.29, 0.717) is 26.0 Å². The van der Waals surface area contributed by atoms with E-state index in [0.717, 1.165) is 6.29 Å². The van der Waals surface area contributed by atoms with Gasteiger partial charge < -0.3 is 14.8 Å². The van der Waals surface area contributed by atoms with Gasteiger partial charge >= 0.3 is 0 Å². The van der Waals surface area contributed by atoms with Crippen molar-refractivity contribution >= 4 is 12.2 Å². The summed E-state index contributed by atoms with van der Waals surface area (Å²) in [6.45, 7) is 0.846. The van der Waals surface area contributed by atoms with E-state index in [1.807, 2.05) is 0 Å². The molecule has 4 nitrogen and oxygen atoms in total. The number of hydrogen-bond acceptors (Lipinski definition) is 3. The van der Waals surface area contributed by atoms with Gasteiger partial charge in [-0.15, -0.1) is 0 Å². The zero-order valence-corrected chi connectivity index (χ0v) is 6.63. The lowest BCUT2D eigenvalue weighted by atomic mass is 10.4. The summed E-state index contributed by atoms with van der Waals surface area (Å²) in [5, 5.41) is 2.57. The molecule has 0 saturated heterocycles. The maximum absolute atomic E-state index is 10.8. The van der Waals surface area contributed by atoms with Crippen LogP contribution in [-0.2, 0) is 14.3 Å². The summed E-state index contributed by atoms with van der Waals surface area (Å²) < 4.78 is 4.69. The molecular weight excluding hydrogens is 158 g/mol.